The topological polar surface area (TPSA) is 55.1 Å². The Morgan fingerprint density at radius 2 is 2.29 bits per heavy atom. The van der Waals surface area contributed by atoms with Gasteiger partial charge in [-0.2, -0.15) is 11.8 Å². The number of nitrogens with one attached hydrogen (secondary N) is 1. The molecule has 0 heterocycles. The highest BCUT2D eigenvalue weighted by atomic mass is 32.2. The molecule has 1 amide bonds. The molecule has 0 aromatic heterocycles. The highest BCUT2D eigenvalue weighted by Crippen LogP contribution is 2.30. The number of hydrogen-bond acceptors (Lipinski definition) is 3. The molecule has 4 heteroatoms. The Balaban J connectivity index is 2.33. The molecule has 100 valence electrons. The normalized spacial score (nSPS) is 25.8. The predicted octanol–water partition coefficient (Wildman–Crippen LogP) is 2.15. The summed E-state index contributed by atoms with van der Waals surface area (Å²) in [4.78, 5) is 12.0. The van der Waals surface area contributed by atoms with E-state index in [2.05, 4.69) is 12.2 Å². The molecule has 3 atom stereocenters. The van der Waals surface area contributed by atoms with Crippen LogP contribution in [0.3, 0.4) is 0 Å². The van der Waals surface area contributed by atoms with Crippen molar-refractivity contribution in [2.24, 2.45) is 11.7 Å². The predicted molar refractivity (Wildman–Crippen MR) is 75.2 cm³/mol. The van der Waals surface area contributed by atoms with E-state index in [0.717, 1.165) is 25.0 Å². The van der Waals surface area contributed by atoms with Crippen molar-refractivity contribution in [2.75, 3.05) is 12.3 Å². The maximum atomic E-state index is 12.0. The molecule has 0 spiro atoms. The molecule has 0 saturated heterocycles. The fourth-order valence-corrected chi connectivity index (χ4v) is 3.58. The summed E-state index contributed by atoms with van der Waals surface area (Å²) in [6.07, 6.45) is 5.49. The Kier molecular flexibility index (Phi) is 6.97. The van der Waals surface area contributed by atoms with Crippen molar-refractivity contribution in [1.82, 2.24) is 5.32 Å². The van der Waals surface area contributed by atoms with E-state index in [4.69, 9.17) is 5.73 Å². The van der Waals surface area contributed by atoms with Crippen molar-refractivity contribution in [3.63, 3.8) is 0 Å². The number of rotatable bonds is 7. The summed E-state index contributed by atoms with van der Waals surface area (Å²) in [7, 11) is 0. The Labute approximate surface area is 109 Å². The highest BCUT2D eigenvalue weighted by Gasteiger charge is 2.29. The van der Waals surface area contributed by atoms with Crippen molar-refractivity contribution in [3.8, 4) is 0 Å². The molecule has 0 aromatic rings. The van der Waals surface area contributed by atoms with Crippen molar-refractivity contribution in [3.05, 3.63) is 0 Å². The number of thioether (sulfide) groups is 1. The van der Waals surface area contributed by atoms with E-state index in [1.165, 1.54) is 12.8 Å². The van der Waals surface area contributed by atoms with Crippen LogP contribution in [0.15, 0.2) is 0 Å². The summed E-state index contributed by atoms with van der Waals surface area (Å²) >= 11 is 1.98. The standard InChI is InChI=1S/C13H26N2OS/c1-3-17-12-8-4-7-11(12)15-13(16)10(2)6-5-9-14/h10-12H,3-9,14H2,1-2H3,(H,15,16). The van der Waals surface area contributed by atoms with E-state index in [1.54, 1.807) is 0 Å². The molecule has 17 heavy (non-hydrogen) atoms. The first-order valence-corrected chi connectivity index (χ1v) is 7.86. The maximum Gasteiger partial charge on any atom is 0.223 e. The van der Waals surface area contributed by atoms with Crippen LogP contribution in [-0.4, -0.2) is 29.5 Å². The van der Waals surface area contributed by atoms with Crippen molar-refractivity contribution in [1.29, 1.82) is 0 Å². The van der Waals surface area contributed by atoms with Crippen LogP contribution in [0.4, 0.5) is 0 Å². The lowest BCUT2D eigenvalue weighted by molar-refractivity contribution is -0.125. The first-order valence-electron chi connectivity index (χ1n) is 6.81. The minimum atomic E-state index is 0.103. The number of amides is 1. The Hall–Kier alpha value is -0.220. The number of carbonyl (C=O) groups excluding carboxylic acids is 1. The molecule has 3 N–H and O–H groups in total. The molecule has 0 aromatic carbocycles. The minimum Gasteiger partial charge on any atom is -0.352 e. The van der Waals surface area contributed by atoms with Crippen LogP contribution in [0.25, 0.3) is 0 Å². The lowest BCUT2D eigenvalue weighted by atomic mass is 10.0. The van der Waals surface area contributed by atoms with E-state index in [9.17, 15) is 4.79 Å². The van der Waals surface area contributed by atoms with E-state index >= 15 is 0 Å². The van der Waals surface area contributed by atoms with Gasteiger partial charge >= 0.3 is 0 Å². The summed E-state index contributed by atoms with van der Waals surface area (Å²) < 4.78 is 0. The third kappa shape index (κ3) is 4.88. The molecule has 3 nitrogen and oxygen atoms in total. The van der Waals surface area contributed by atoms with Gasteiger partial charge in [-0.25, -0.2) is 0 Å². The molecule has 1 aliphatic rings. The van der Waals surface area contributed by atoms with Gasteiger partial charge in [0.1, 0.15) is 0 Å². The van der Waals surface area contributed by atoms with Gasteiger partial charge in [0.25, 0.3) is 0 Å². The van der Waals surface area contributed by atoms with Crippen LogP contribution in [0.5, 0.6) is 0 Å². The second-order valence-electron chi connectivity index (χ2n) is 4.87. The Bertz CT molecular complexity index is 235. The first-order chi connectivity index (χ1) is 8.19. The van der Waals surface area contributed by atoms with Gasteiger partial charge in [0.2, 0.25) is 5.91 Å². The summed E-state index contributed by atoms with van der Waals surface area (Å²) in [6, 6.07) is 0.396. The monoisotopic (exact) mass is 258 g/mol. The summed E-state index contributed by atoms with van der Waals surface area (Å²) in [6.45, 7) is 4.86. The van der Waals surface area contributed by atoms with E-state index < -0.39 is 0 Å². The van der Waals surface area contributed by atoms with Gasteiger partial charge in [-0.1, -0.05) is 20.3 Å². The second-order valence-corrected chi connectivity index (χ2v) is 6.39. The van der Waals surface area contributed by atoms with Gasteiger partial charge in [-0.3, -0.25) is 4.79 Å². The van der Waals surface area contributed by atoms with Crippen LogP contribution >= 0.6 is 11.8 Å². The summed E-state index contributed by atoms with van der Waals surface area (Å²) in [5.41, 5.74) is 5.47. The maximum absolute atomic E-state index is 12.0. The van der Waals surface area contributed by atoms with Gasteiger partial charge in [0, 0.05) is 17.2 Å². The second kappa shape index (κ2) is 7.98. The number of hydrogen-bond donors (Lipinski definition) is 2. The lowest BCUT2D eigenvalue weighted by Gasteiger charge is -2.22. The van der Waals surface area contributed by atoms with E-state index in [1.807, 2.05) is 18.7 Å². The number of nitrogens with two attached hydrogens (primary N) is 1. The lowest BCUT2D eigenvalue weighted by Crippen LogP contribution is -2.41. The van der Waals surface area contributed by atoms with Crippen LogP contribution < -0.4 is 11.1 Å². The van der Waals surface area contributed by atoms with Crippen molar-refractivity contribution in [2.45, 2.75) is 57.2 Å². The van der Waals surface area contributed by atoms with Crippen LogP contribution in [0, 0.1) is 5.92 Å². The Morgan fingerprint density at radius 3 is 2.94 bits per heavy atom. The third-order valence-corrected chi connectivity index (χ3v) is 4.78. The Morgan fingerprint density at radius 1 is 1.53 bits per heavy atom. The first kappa shape index (κ1) is 14.8. The highest BCUT2D eigenvalue weighted by molar-refractivity contribution is 7.99. The fraction of sp³-hybridized carbons (Fsp3) is 0.923. The number of carbonyl (C=O) groups is 1. The fourth-order valence-electron chi connectivity index (χ4n) is 2.38. The van der Waals surface area contributed by atoms with Gasteiger partial charge in [-0.05, 0) is 38.0 Å². The molecule has 0 radical (unpaired) electrons. The molecule has 3 unspecified atom stereocenters. The molecular formula is C13H26N2OS. The quantitative estimate of drug-likeness (QED) is 0.735. The molecule has 1 rings (SSSR count). The average Bonchev–Trinajstić information content (AvgIpc) is 2.74. The molecule has 0 bridgehead atoms. The summed E-state index contributed by atoms with van der Waals surface area (Å²) in [5.74, 6) is 1.46. The smallest absolute Gasteiger partial charge is 0.223 e. The summed E-state index contributed by atoms with van der Waals surface area (Å²) in [5, 5.41) is 3.85. The van der Waals surface area contributed by atoms with Crippen LogP contribution in [-0.2, 0) is 4.79 Å². The zero-order valence-corrected chi connectivity index (χ0v) is 11.9. The van der Waals surface area contributed by atoms with Gasteiger partial charge in [-0.15, -0.1) is 0 Å². The van der Waals surface area contributed by atoms with Crippen LogP contribution in [0.2, 0.25) is 0 Å². The largest absolute Gasteiger partial charge is 0.352 e. The van der Waals surface area contributed by atoms with E-state index in [0.29, 0.717) is 17.8 Å². The van der Waals surface area contributed by atoms with Gasteiger partial charge < -0.3 is 11.1 Å². The van der Waals surface area contributed by atoms with Crippen molar-refractivity contribution >= 4 is 17.7 Å². The zero-order chi connectivity index (χ0) is 12.7. The molecule has 0 aliphatic heterocycles. The van der Waals surface area contributed by atoms with Gasteiger partial charge in [0.15, 0.2) is 0 Å². The van der Waals surface area contributed by atoms with E-state index in [-0.39, 0.29) is 11.8 Å². The molecule has 1 aliphatic carbocycles. The van der Waals surface area contributed by atoms with Crippen molar-refractivity contribution < 1.29 is 4.79 Å². The van der Waals surface area contributed by atoms with Gasteiger partial charge in [0.05, 0.1) is 0 Å². The molecule has 1 fully saturated rings. The average molecular weight is 258 g/mol. The zero-order valence-electron chi connectivity index (χ0n) is 11.1. The third-order valence-electron chi connectivity index (χ3n) is 3.45. The molecule has 1 saturated carbocycles. The SMILES string of the molecule is CCSC1CCCC1NC(=O)C(C)CCCN. The molecular weight excluding hydrogens is 232 g/mol. The van der Waals surface area contributed by atoms with Crippen LogP contribution in [0.1, 0.15) is 46.0 Å². The minimum absolute atomic E-state index is 0.103.